The molecule has 1 amide bonds. The fraction of sp³-hybridized carbons (Fsp3) is 0.632. The summed E-state index contributed by atoms with van der Waals surface area (Å²) >= 11 is 0. The van der Waals surface area contributed by atoms with Crippen LogP contribution >= 0.6 is 24.8 Å². The summed E-state index contributed by atoms with van der Waals surface area (Å²) in [4.78, 5) is 15.0. The molecule has 2 aliphatic heterocycles. The molecule has 0 radical (unpaired) electrons. The van der Waals surface area contributed by atoms with Crippen LogP contribution in [-0.4, -0.2) is 37.1 Å². The van der Waals surface area contributed by atoms with Crippen molar-refractivity contribution in [2.75, 3.05) is 18.0 Å². The van der Waals surface area contributed by atoms with Crippen molar-refractivity contribution in [3.05, 3.63) is 30.3 Å². The van der Waals surface area contributed by atoms with Crippen LogP contribution in [0.2, 0.25) is 0 Å². The van der Waals surface area contributed by atoms with Gasteiger partial charge in [-0.3, -0.25) is 4.79 Å². The normalized spacial score (nSPS) is 30.8. The minimum atomic E-state index is 0. The molecule has 1 aromatic rings. The molecular weight excluding hydrogens is 357 g/mol. The first-order chi connectivity index (χ1) is 11.3. The Balaban J connectivity index is 0.00000113. The van der Waals surface area contributed by atoms with Crippen molar-refractivity contribution >= 4 is 36.4 Å². The Morgan fingerprint density at radius 1 is 1.08 bits per heavy atom. The van der Waals surface area contributed by atoms with Gasteiger partial charge in [0.05, 0.1) is 6.04 Å². The maximum atomic E-state index is 12.6. The number of anilines is 1. The fourth-order valence-electron chi connectivity index (χ4n) is 4.57. The number of nitrogens with zero attached hydrogens (tertiary/aromatic N) is 1. The largest absolute Gasteiger partial charge is 0.369 e. The second kappa shape index (κ2) is 9.11. The van der Waals surface area contributed by atoms with Crippen LogP contribution in [0, 0.1) is 5.92 Å². The van der Waals surface area contributed by atoms with E-state index in [2.05, 4.69) is 39.8 Å². The second-order valence-corrected chi connectivity index (χ2v) is 7.38. The lowest BCUT2D eigenvalue weighted by Crippen LogP contribution is -2.47. The molecule has 4 nitrogen and oxygen atoms in total. The summed E-state index contributed by atoms with van der Waals surface area (Å²) in [6, 6.07) is 11.4. The number of fused-ring (bicyclic) bond motifs is 1. The zero-order valence-electron chi connectivity index (χ0n) is 14.5. The van der Waals surface area contributed by atoms with Gasteiger partial charge in [0.2, 0.25) is 5.91 Å². The SMILES string of the molecule is Cl.Cl.O=C(NC1CCN(c2ccccc2)C1)C1CC2CCCCC2N1. The molecule has 3 aliphatic rings. The van der Waals surface area contributed by atoms with Gasteiger partial charge in [0, 0.05) is 30.9 Å². The second-order valence-electron chi connectivity index (χ2n) is 7.38. The highest BCUT2D eigenvalue weighted by Gasteiger charge is 2.39. The highest BCUT2D eigenvalue weighted by molar-refractivity contribution is 5.85. The Bertz CT molecular complexity index is 543. The summed E-state index contributed by atoms with van der Waals surface area (Å²) in [7, 11) is 0. The van der Waals surface area contributed by atoms with Gasteiger partial charge in [-0.15, -0.1) is 24.8 Å². The predicted octanol–water partition coefficient (Wildman–Crippen LogP) is 3.15. The molecule has 0 spiro atoms. The molecule has 2 heterocycles. The smallest absolute Gasteiger partial charge is 0.237 e. The molecule has 1 aromatic carbocycles. The van der Waals surface area contributed by atoms with E-state index in [1.165, 1.54) is 31.4 Å². The third-order valence-electron chi connectivity index (χ3n) is 5.84. The quantitative estimate of drug-likeness (QED) is 0.839. The monoisotopic (exact) mass is 385 g/mol. The summed E-state index contributed by atoms with van der Waals surface area (Å²) in [5.41, 5.74) is 1.26. The molecule has 4 atom stereocenters. The molecule has 0 bridgehead atoms. The van der Waals surface area contributed by atoms with E-state index >= 15 is 0 Å². The molecule has 0 aromatic heterocycles. The summed E-state index contributed by atoms with van der Waals surface area (Å²) in [6.07, 6.45) is 7.28. The number of nitrogens with one attached hydrogen (secondary N) is 2. The molecule has 3 fully saturated rings. The molecule has 4 unspecified atom stereocenters. The maximum Gasteiger partial charge on any atom is 0.237 e. The molecule has 25 heavy (non-hydrogen) atoms. The molecule has 4 rings (SSSR count). The Hall–Kier alpha value is -0.970. The summed E-state index contributed by atoms with van der Waals surface area (Å²) < 4.78 is 0. The minimum absolute atomic E-state index is 0. The fourth-order valence-corrected chi connectivity index (χ4v) is 4.57. The molecule has 1 aliphatic carbocycles. The lowest BCUT2D eigenvalue weighted by atomic mass is 9.85. The van der Waals surface area contributed by atoms with Gasteiger partial charge in [0.25, 0.3) is 0 Å². The zero-order valence-corrected chi connectivity index (χ0v) is 16.2. The standard InChI is InChI=1S/C19H27N3O.2ClH/c23-19(18-12-14-6-4-5-9-17(14)21-18)20-15-10-11-22(13-15)16-7-2-1-3-8-16;;/h1-3,7-8,14-15,17-18,21H,4-6,9-13H2,(H,20,23);2*1H. The Kier molecular flexibility index (Phi) is 7.41. The summed E-state index contributed by atoms with van der Waals surface area (Å²) in [6.45, 7) is 1.95. The van der Waals surface area contributed by atoms with Crippen LogP contribution in [0.1, 0.15) is 38.5 Å². The van der Waals surface area contributed by atoms with Gasteiger partial charge in [0.1, 0.15) is 0 Å². The highest BCUT2D eigenvalue weighted by atomic mass is 35.5. The van der Waals surface area contributed by atoms with Crippen LogP contribution in [0.25, 0.3) is 0 Å². The van der Waals surface area contributed by atoms with Gasteiger partial charge in [-0.2, -0.15) is 0 Å². The minimum Gasteiger partial charge on any atom is -0.369 e. The first-order valence-corrected chi connectivity index (χ1v) is 9.16. The number of carbonyl (C=O) groups is 1. The van der Waals surface area contributed by atoms with Crippen molar-refractivity contribution in [3.8, 4) is 0 Å². The van der Waals surface area contributed by atoms with Crippen LogP contribution in [-0.2, 0) is 4.79 Å². The Morgan fingerprint density at radius 2 is 1.84 bits per heavy atom. The number of hydrogen-bond donors (Lipinski definition) is 2. The lowest BCUT2D eigenvalue weighted by molar-refractivity contribution is -0.123. The number of carbonyl (C=O) groups excluding carboxylic acids is 1. The van der Waals surface area contributed by atoms with Crippen LogP contribution in [0.4, 0.5) is 5.69 Å². The molecular formula is C19H29Cl2N3O. The van der Waals surface area contributed by atoms with Crippen molar-refractivity contribution in [1.82, 2.24) is 10.6 Å². The number of benzene rings is 1. The summed E-state index contributed by atoms with van der Waals surface area (Å²) in [5.74, 6) is 0.947. The van der Waals surface area contributed by atoms with E-state index in [0.717, 1.165) is 31.8 Å². The van der Waals surface area contributed by atoms with Crippen LogP contribution in [0.15, 0.2) is 30.3 Å². The van der Waals surface area contributed by atoms with E-state index in [1.807, 2.05) is 6.07 Å². The number of para-hydroxylation sites is 1. The average Bonchev–Trinajstić information content (AvgIpc) is 3.22. The third kappa shape index (κ3) is 4.60. The van der Waals surface area contributed by atoms with Crippen LogP contribution < -0.4 is 15.5 Å². The number of rotatable bonds is 3. The molecule has 2 N–H and O–H groups in total. The van der Waals surface area contributed by atoms with Gasteiger partial charge < -0.3 is 15.5 Å². The average molecular weight is 386 g/mol. The predicted molar refractivity (Wildman–Crippen MR) is 107 cm³/mol. The molecule has 2 saturated heterocycles. The van der Waals surface area contributed by atoms with Crippen LogP contribution in [0.3, 0.4) is 0 Å². The van der Waals surface area contributed by atoms with E-state index in [9.17, 15) is 4.79 Å². The van der Waals surface area contributed by atoms with Gasteiger partial charge in [0.15, 0.2) is 0 Å². The van der Waals surface area contributed by atoms with Gasteiger partial charge in [-0.05, 0) is 43.7 Å². The van der Waals surface area contributed by atoms with Crippen molar-refractivity contribution in [2.24, 2.45) is 5.92 Å². The first-order valence-electron chi connectivity index (χ1n) is 9.16. The van der Waals surface area contributed by atoms with E-state index in [-0.39, 0.29) is 42.8 Å². The molecule has 1 saturated carbocycles. The Labute approximate surface area is 162 Å². The Morgan fingerprint density at radius 3 is 2.60 bits per heavy atom. The molecule has 140 valence electrons. The van der Waals surface area contributed by atoms with Gasteiger partial charge in [-0.25, -0.2) is 0 Å². The van der Waals surface area contributed by atoms with Crippen molar-refractivity contribution < 1.29 is 4.79 Å². The van der Waals surface area contributed by atoms with Crippen molar-refractivity contribution in [2.45, 2.75) is 56.7 Å². The number of hydrogen-bond acceptors (Lipinski definition) is 3. The lowest BCUT2D eigenvalue weighted by Gasteiger charge is -2.24. The van der Waals surface area contributed by atoms with E-state index in [1.54, 1.807) is 0 Å². The maximum absolute atomic E-state index is 12.6. The summed E-state index contributed by atoms with van der Waals surface area (Å²) in [5, 5.41) is 6.87. The van der Waals surface area contributed by atoms with E-state index in [0.29, 0.717) is 6.04 Å². The number of halogens is 2. The zero-order chi connectivity index (χ0) is 15.6. The van der Waals surface area contributed by atoms with Crippen molar-refractivity contribution in [3.63, 3.8) is 0 Å². The number of amides is 1. The molecule has 6 heteroatoms. The van der Waals surface area contributed by atoms with Crippen LogP contribution in [0.5, 0.6) is 0 Å². The third-order valence-corrected chi connectivity index (χ3v) is 5.84. The van der Waals surface area contributed by atoms with Crippen molar-refractivity contribution in [1.29, 1.82) is 0 Å². The van der Waals surface area contributed by atoms with E-state index < -0.39 is 0 Å². The van der Waals surface area contributed by atoms with Gasteiger partial charge >= 0.3 is 0 Å². The topological polar surface area (TPSA) is 44.4 Å². The van der Waals surface area contributed by atoms with Gasteiger partial charge in [-0.1, -0.05) is 31.0 Å². The van der Waals surface area contributed by atoms with E-state index in [4.69, 9.17) is 0 Å². The first kappa shape index (κ1) is 20.3. The highest BCUT2D eigenvalue weighted by Crippen LogP contribution is 2.33.